The van der Waals surface area contributed by atoms with Crippen LogP contribution in [0.25, 0.3) is 0 Å². The van der Waals surface area contributed by atoms with Gasteiger partial charge >= 0.3 is 0 Å². The van der Waals surface area contributed by atoms with E-state index in [2.05, 4.69) is 52.7 Å². The normalized spacial score (nSPS) is 18.7. The van der Waals surface area contributed by atoms with Gasteiger partial charge in [-0.15, -0.1) is 0 Å². The van der Waals surface area contributed by atoms with E-state index in [1.165, 1.54) is 5.56 Å². The lowest BCUT2D eigenvalue weighted by Gasteiger charge is -2.18. The van der Waals surface area contributed by atoms with Crippen LogP contribution in [0.3, 0.4) is 0 Å². The lowest BCUT2D eigenvalue weighted by Crippen LogP contribution is -2.14. The average molecular weight is 409 g/mol. The maximum Gasteiger partial charge on any atom is 0.233 e. The molecule has 1 aliphatic carbocycles. The quantitative estimate of drug-likeness (QED) is 0.590. The Morgan fingerprint density at radius 1 is 1.30 bits per heavy atom. The average Bonchev–Trinajstić information content (AvgIpc) is 3.44. The van der Waals surface area contributed by atoms with Crippen LogP contribution in [0.4, 0.5) is 5.82 Å². The summed E-state index contributed by atoms with van der Waals surface area (Å²) in [6.45, 7) is 6.19. The van der Waals surface area contributed by atoms with Crippen LogP contribution in [-0.4, -0.2) is 27.4 Å². The number of nitrogens with one attached hydrogen (secondary N) is 2. The zero-order chi connectivity index (χ0) is 21.1. The first-order valence-electron chi connectivity index (χ1n) is 10.5. The summed E-state index contributed by atoms with van der Waals surface area (Å²) in [7, 11) is 0. The number of hydrogen-bond acceptors (Lipinski definition) is 5. The molecule has 0 unspecified atom stereocenters. The van der Waals surface area contributed by atoms with Crippen molar-refractivity contribution in [2.75, 3.05) is 5.32 Å². The van der Waals surface area contributed by atoms with Gasteiger partial charge in [-0.2, -0.15) is 5.10 Å². The number of anilines is 1. The lowest BCUT2D eigenvalue weighted by molar-refractivity contribution is -0.115. The topological polar surface area (TPSA) is 93.0 Å². The van der Waals surface area contributed by atoms with E-state index in [-0.39, 0.29) is 18.4 Å². The fraction of sp³-hybridized carbons (Fsp3) is 0.435. The molecule has 1 fully saturated rings. The third-order valence-corrected chi connectivity index (χ3v) is 5.54. The zero-order valence-corrected chi connectivity index (χ0v) is 17.6. The van der Waals surface area contributed by atoms with Crippen molar-refractivity contribution in [3.05, 3.63) is 59.1 Å². The van der Waals surface area contributed by atoms with Gasteiger partial charge in [-0.25, -0.2) is 0 Å². The van der Waals surface area contributed by atoms with Gasteiger partial charge in [0.15, 0.2) is 5.82 Å². The summed E-state index contributed by atoms with van der Waals surface area (Å²) in [5, 5.41) is 13.9. The number of benzene rings is 1. The summed E-state index contributed by atoms with van der Waals surface area (Å²) < 4.78 is 11.4. The molecule has 2 heterocycles. The largest absolute Gasteiger partial charge is 0.490 e. The highest BCUT2D eigenvalue weighted by Gasteiger charge is 2.29. The number of H-pyrrole nitrogens is 1. The van der Waals surface area contributed by atoms with Crippen molar-refractivity contribution in [2.24, 2.45) is 0 Å². The Hall–Kier alpha value is -3.09. The third kappa shape index (κ3) is 4.72. The summed E-state index contributed by atoms with van der Waals surface area (Å²) in [6.07, 6.45) is 3.28. The minimum absolute atomic E-state index is 0.137. The molecule has 0 spiro atoms. The summed E-state index contributed by atoms with van der Waals surface area (Å²) >= 11 is 0. The minimum Gasteiger partial charge on any atom is -0.490 e. The van der Waals surface area contributed by atoms with E-state index in [0.717, 1.165) is 36.4 Å². The van der Waals surface area contributed by atoms with Crippen LogP contribution in [0.15, 0.2) is 40.9 Å². The number of rotatable bonds is 7. The Bertz CT molecular complexity index is 1010. The van der Waals surface area contributed by atoms with Gasteiger partial charge < -0.3 is 14.6 Å². The first kappa shape index (κ1) is 20.2. The number of ether oxygens (including phenoxy) is 1. The molecule has 2 atom stereocenters. The first-order chi connectivity index (χ1) is 14.5. The number of carbonyl (C=O) groups is 1. The molecule has 2 aromatic heterocycles. The molecule has 1 saturated carbocycles. The van der Waals surface area contributed by atoms with E-state index in [0.29, 0.717) is 23.4 Å². The predicted octanol–water partition coefficient (Wildman–Crippen LogP) is 4.73. The summed E-state index contributed by atoms with van der Waals surface area (Å²) in [5.74, 6) is 2.65. The van der Waals surface area contributed by atoms with E-state index in [4.69, 9.17) is 9.26 Å². The van der Waals surface area contributed by atoms with Gasteiger partial charge in [0.1, 0.15) is 11.5 Å². The van der Waals surface area contributed by atoms with Crippen LogP contribution < -0.4 is 10.1 Å². The SMILES string of the molecule is Cc1cc(CC(=O)Nc2cc([C@@H]3CC[C@H](Oc4ccccc4C(C)C)C3)[nH]n2)on1. The van der Waals surface area contributed by atoms with Crippen molar-refractivity contribution in [2.45, 2.75) is 64.4 Å². The number of amides is 1. The molecule has 7 heteroatoms. The molecule has 1 aromatic carbocycles. The van der Waals surface area contributed by atoms with E-state index in [1.54, 1.807) is 6.07 Å². The summed E-state index contributed by atoms with van der Waals surface area (Å²) in [6, 6.07) is 11.9. The summed E-state index contributed by atoms with van der Waals surface area (Å²) in [5.41, 5.74) is 3.03. The molecule has 30 heavy (non-hydrogen) atoms. The van der Waals surface area contributed by atoms with Gasteiger partial charge in [-0.3, -0.25) is 9.89 Å². The smallest absolute Gasteiger partial charge is 0.233 e. The van der Waals surface area contributed by atoms with Crippen LogP contribution in [0.2, 0.25) is 0 Å². The second-order valence-corrected chi connectivity index (χ2v) is 8.31. The highest BCUT2D eigenvalue weighted by atomic mass is 16.5. The molecule has 7 nitrogen and oxygen atoms in total. The number of aromatic amines is 1. The van der Waals surface area contributed by atoms with Gasteiger partial charge in [0.25, 0.3) is 0 Å². The van der Waals surface area contributed by atoms with Crippen LogP contribution >= 0.6 is 0 Å². The maximum absolute atomic E-state index is 12.2. The molecule has 1 aliphatic rings. The van der Waals surface area contributed by atoms with Crippen molar-refractivity contribution in [1.29, 1.82) is 0 Å². The molecule has 0 radical (unpaired) electrons. The molecule has 158 valence electrons. The molecule has 0 bridgehead atoms. The van der Waals surface area contributed by atoms with Crippen molar-refractivity contribution in [3.8, 4) is 5.75 Å². The van der Waals surface area contributed by atoms with Gasteiger partial charge in [-0.1, -0.05) is 37.2 Å². The Morgan fingerprint density at radius 3 is 2.90 bits per heavy atom. The molecular weight excluding hydrogens is 380 g/mol. The van der Waals surface area contributed by atoms with E-state index < -0.39 is 0 Å². The van der Waals surface area contributed by atoms with E-state index in [1.807, 2.05) is 19.1 Å². The highest BCUT2D eigenvalue weighted by molar-refractivity contribution is 5.91. The number of hydrogen-bond donors (Lipinski definition) is 2. The molecular formula is C23H28N4O3. The number of aryl methyl sites for hydroxylation is 1. The van der Waals surface area contributed by atoms with Gasteiger partial charge in [0.2, 0.25) is 5.91 Å². The van der Waals surface area contributed by atoms with Crippen LogP contribution in [0.1, 0.15) is 67.7 Å². The second kappa shape index (κ2) is 8.73. The first-order valence-corrected chi connectivity index (χ1v) is 10.5. The fourth-order valence-electron chi connectivity index (χ4n) is 4.03. The number of carbonyl (C=O) groups excluding carboxylic acids is 1. The van der Waals surface area contributed by atoms with Gasteiger partial charge in [-0.05, 0) is 43.7 Å². The Kier molecular flexibility index (Phi) is 5.88. The van der Waals surface area contributed by atoms with Crippen LogP contribution in [0.5, 0.6) is 5.75 Å². The van der Waals surface area contributed by atoms with E-state index >= 15 is 0 Å². The van der Waals surface area contributed by atoms with Gasteiger partial charge in [0, 0.05) is 23.7 Å². The molecule has 0 aliphatic heterocycles. The van der Waals surface area contributed by atoms with Crippen molar-refractivity contribution < 1.29 is 14.1 Å². The lowest BCUT2D eigenvalue weighted by atomic mass is 10.0. The molecule has 3 aromatic rings. The Balaban J connectivity index is 1.33. The molecule has 1 amide bonds. The number of aromatic nitrogens is 3. The predicted molar refractivity (Wildman–Crippen MR) is 114 cm³/mol. The van der Waals surface area contributed by atoms with Crippen molar-refractivity contribution in [3.63, 3.8) is 0 Å². The second-order valence-electron chi connectivity index (χ2n) is 8.31. The van der Waals surface area contributed by atoms with Crippen LogP contribution in [-0.2, 0) is 11.2 Å². The Labute approximate surface area is 176 Å². The minimum atomic E-state index is -0.179. The van der Waals surface area contributed by atoms with E-state index in [9.17, 15) is 4.79 Å². The third-order valence-electron chi connectivity index (χ3n) is 5.54. The number of para-hydroxylation sites is 1. The zero-order valence-electron chi connectivity index (χ0n) is 17.6. The van der Waals surface area contributed by atoms with Crippen molar-refractivity contribution in [1.82, 2.24) is 15.4 Å². The molecule has 0 saturated heterocycles. The van der Waals surface area contributed by atoms with Crippen molar-refractivity contribution >= 4 is 11.7 Å². The molecule has 2 N–H and O–H groups in total. The number of nitrogens with zero attached hydrogens (tertiary/aromatic N) is 2. The Morgan fingerprint density at radius 2 is 2.13 bits per heavy atom. The maximum atomic E-state index is 12.2. The van der Waals surface area contributed by atoms with Gasteiger partial charge in [0.05, 0.1) is 18.2 Å². The molecule has 4 rings (SSSR count). The summed E-state index contributed by atoms with van der Waals surface area (Å²) in [4.78, 5) is 12.2. The fourth-order valence-corrected chi connectivity index (χ4v) is 4.03. The van der Waals surface area contributed by atoms with Crippen LogP contribution in [0, 0.1) is 6.92 Å². The standard InChI is InChI=1S/C23H28N4O3/c1-14(2)19-6-4-5-7-21(19)29-17-9-8-16(11-17)20-13-22(26-25-20)24-23(28)12-18-10-15(3)27-30-18/h4-7,10,13-14,16-17H,8-9,11-12H2,1-3H3,(H2,24,25,26,28)/t16-,17+/m1/s1. The highest BCUT2D eigenvalue weighted by Crippen LogP contribution is 2.37. The monoisotopic (exact) mass is 408 g/mol.